The fraction of sp³-hybridized carbons (Fsp3) is 0.522. The monoisotopic (exact) mass is 490 g/mol. The van der Waals surface area contributed by atoms with Gasteiger partial charge in [0.2, 0.25) is 5.91 Å². The van der Waals surface area contributed by atoms with Crippen molar-refractivity contribution >= 4 is 40.3 Å². The molecule has 1 amide bonds. The van der Waals surface area contributed by atoms with Crippen LogP contribution in [0.5, 0.6) is 0 Å². The molecule has 33 heavy (non-hydrogen) atoms. The number of nitrogens with zero attached hydrogens (tertiary/aromatic N) is 5. The highest BCUT2D eigenvalue weighted by Crippen LogP contribution is 2.28. The normalized spacial score (nSPS) is 14.8. The molecule has 1 aromatic carbocycles. The number of aromatic amines is 1. The zero-order valence-electron chi connectivity index (χ0n) is 18.7. The number of benzene rings is 1. The lowest BCUT2D eigenvalue weighted by Crippen LogP contribution is -2.38. The van der Waals surface area contributed by atoms with E-state index in [9.17, 15) is 9.59 Å². The largest absolute Gasteiger partial charge is 0.343 e. The summed E-state index contributed by atoms with van der Waals surface area (Å²) in [5.41, 5.74) is 0.962. The summed E-state index contributed by atoms with van der Waals surface area (Å²) in [6.07, 6.45) is 6.51. The van der Waals surface area contributed by atoms with Gasteiger partial charge < -0.3 is 9.88 Å². The molecule has 2 aromatic heterocycles. The van der Waals surface area contributed by atoms with Crippen molar-refractivity contribution in [2.24, 2.45) is 0 Å². The molecule has 10 heteroatoms. The minimum Gasteiger partial charge on any atom is -0.343 e. The van der Waals surface area contributed by atoms with Gasteiger partial charge in [0.1, 0.15) is 5.82 Å². The summed E-state index contributed by atoms with van der Waals surface area (Å²) in [4.78, 5) is 34.7. The molecule has 3 aromatic rings. The number of amides is 1. The second-order valence-electron chi connectivity index (χ2n) is 8.54. The number of H-pyrrole nitrogens is 1. The lowest BCUT2D eigenvalue weighted by Gasteiger charge is -2.31. The predicted octanol–water partition coefficient (Wildman–Crippen LogP) is 4.55. The van der Waals surface area contributed by atoms with Crippen molar-refractivity contribution in [2.75, 3.05) is 13.1 Å². The van der Waals surface area contributed by atoms with E-state index < -0.39 is 0 Å². The first-order valence-corrected chi connectivity index (χ1v) is 12.3. The Kier molecular flexibility index (Phi) is 7.65. The number of rotatable bonds is 8. The SMILES string of the molecule is CCCCCCC(=O)N1CCC(c2nc3c(nnn3Cc3c(Cl)cccc3Cl)c(=O)[nH]2)CC1. The Bertz CT molecular complexity index is 1160. The molecule has 1 aliphatic heterocycles. The average Bonchev–Trinajstić information content (AvgIpc) is 3.22. The first-order chi connectivity index (χ1) is 16.0. The maximum absolute atomic E-state index is 12.7. The molecule has 0 saturated carbocycles. The van der Waals surface area contributed by atoms with Gasteiger partial charge in [-0.3, -0.25) is 9.59 Å². The number of carbonyl (C=O) groups excluding carboxylic acids is 1. The maximum atomic E-state index is 12.7. The van der Waals surface area contributed by atoms with E-state index in [-0.39, 0.29) is 29.4 Å². The second kappa shape index (κ2) is 10.7. The van der Waals surface area contributed by atoms with Gasteiger partial charge in [0, 0.05) is 41.0 Å². The van der Waals surface area contributed by atoms with Crippen LogP contribution in [0.3, 0.4) is 0 Å². The minimum absolute atomic E-state index is 0.0680. The predicted molar refractivity (Wildman–Crippen MR) is 129 cm³/mol. The summed E-state index contributed by atoms with van der Waals surface area (Å²) in [7, 11) is 0. The summed E-state index contributed by atoms with van der Waals surface area (Å²) >= 11 is 12.6. The van der Waals surface area contributed by atoms with Gasteiger partial charge in [0.25, 0.3) is 5.56 Å². The van der Waals surface area contributed by atoms with Crippen molar-refractivity contribution in [3.8, 4) is 0 Å². The highest BCUT2D eigenvalue weighted by Gasteiger charge is 2.26. The molecule has 1 aliphatic rings. The second-order valence-corrected chi connectivity index (χ2v) is 9.35. The summed E-state index contributed by atoms with van der Waals surface area (Å²) in [6, 6.07) is 5.29. The molecule has 4 rings (SSSR count). The Morgan fingerprint density at radius 2 is 1.88 bits per heavy atom. The number of halogens is 2. The van der Waals surface area contributed by atoms with Gasteiger partial charge in [-0.25, -0.2) is 9.67 Å². The van der Waals surface area contributed by atoms with Gasteiger partial charge in [-0.2, -0.15) is 0 Å². The van der Waals surface area contributed by atoms with Crippen molar-refractivity contribution in [1.29, 1.82) is 0 Å². The Morgan fingerprint density at radius 3 is 2.58 bits per heavy atom. The molecular formula is C23H28Cl2N6O2. The van der Waals surface area contributed by atoms with Crippen molar-refractivity contribution < 1.29 is 4.79 Å². The van der Waals surface area contributed by atoms with Gasteiger partial charge in [0.15, 0.2) is 11.2 Å². The van der Waals surface area contributed by atoms with Crippen molar-refractivity contribution in [3.63, 3.8) is 0 Å². The maximum Gasteiger partial charge on any atom is 0.281 e. The number of piperidine rings is 1. The standard InChI is InChI=1S/C23H28Cl2N6O2/c1-2-3-4-5-9-19(32)30-12-10-15(11-13-30)21-26-22-20(23(33)27-21)28-29-31(22)14-16-17(24)7-6-8-18(16)25/h6-8,15H,2-5,9-14H2,1H3,(H,26,27,33). The highest BCUT2D eigenvalue weighted by atomic mass is 35.5. The number of aromatic nitrogens is 5. The molecule has 8 nitrogen and oxygen atoms in total. The molecule has 176 valence electrons. The summed E-state index contributed by atoms with van der Waals surface area (Å²) in [5.74, 6) is 0.898. The van der Waals surface area contributed by atoms with E-state index in [4.69, 9.17) is 28.2 Å². The van der Waals surface area contributed by atoms with Crippen LogP contribution in [0.4, 0.5) is 0 Å². The third-order valence-corrected chi connectivity index (χ3v) is 6.95. The lowest BCUT2D eigenvalue weighted by molar-refractivity contribution is -0.132. The highest BCUT2D eigenvalue weighted by molar-refractivity contribution is 6.36. The fourth-order valence-electron chi connectivity index (χ4n) is 4.28. The van der Waals surface area contributed by atoms with Crippen LogP contribution in [-0.4, -0.2) is 48.9 Å². The van der Waals surface area contributed by atoms with Crippen LogP contribution in [0.2, 0.25) is 10.0 Å². The zero-order valence-corrected chi connectivity index (χ0v) is 20.2. The van der Waals surface area contributed by atoms with E-state index in [1.807, 2.05) is 4.90 Å². The molecule has 0 radical (unpaired) electrons. The fourth-order valence-corrected chi connectivity index (χ4v) is 4.80. The number of unbranched alkanes of at least 4 members (excludes halogenated alkanes) is 3. The third kappa shape index (κ3) is 5.38. The van der Waals surface area contributed by atoms with Crippen molar-refractivity contribution in [2.45, 2.75) is 64.3 Å². The number of fused-ring (bicyclic) bond motifs is 1. The number of likely N-dealkylation sites (tertiary alicyclic amines) is 1. The van der Waals surface area contributed by atoms with Gasteiger partial charge in [-0.15, -0.1) is 5.10 Å². The van der Waals surface area contributed by atoms with Crippen LogP contribution in [0.1, 0.15) is 69.2 Å². The summed E-state index contributed by atoms with van der Waals surface area (Å²) in [5, 5.41) is 9.15. The molecule has 0 aliphatic carbocycles. The van der Waals surface area contributed by atoms with E-state index in [0.717, 1.165) is 32.1 Å². The quantitative estimate of drug-likeness (QED) is 0.467. The van der Waals surface area contributed by atoms with Crippen LogP contribution in [0, 0.1) is 0 Å². The number of hydrogen-bond acceptors (Lipinski definition) is 5. The number of carbonyl (C=O) groups is 1. The minimum atomic E-state index is -0.319. The van der Waals surface area contributed by atoms with Crippen LogP contribution in [0.25, 0.3) is 11.2 Å². The molecule has 3 heterocycles. The van der Waals surface area contributed by atoms with E-state index in [1.54, 1.807) is 22.9 Å². The van der Waals surface area contributed by atoms with Crippen molar-refractivity contribution in [1.82, 2.24) is 29.9 Å². The summed E-state index contributed by atoms with van der Waals surface area (Å²) in [6.45, 7) is 3.77. The molecule has 0 unspecified atom stereocenters. The van der Waals surface area contributed by atoms with Crippen LogP contribution in [-0.2, 0) is 11.3 Å². The molecule has 1 saturated heterocycles. The van der Waals surface area contributed by atoms with Gasteiger partial charge in [0.05, 0.1) is 6.54 Å². The molecule has 1 N–H and O–H groups in total. The topological polar surface area (TPSA) is 96.8 Å². The van der Waals surface area contributed by atoms with E-state index in [1.165, 1.54) is 6.42 Å². The van der Waals surface area contributed by atoms with E-state index in [2.05, 4.69) is 22.2 Å². The van der Waals surface area contributed by atoms with E-state index >= 15 is 0 Å². The lowest BCUT2D eigenvalue weighted by atomic mass is 9.95. The van der Waals surface area contributed by atoms with Gasteiger partial charge in [-0.05, 0) is 31.4 Å². The zero-order chi connectivity index (χ0) is 23.4. The first kappa shape index (κ1) is 23.7. The number of hydrogen-bond donors (Lipinski definition) is 1. The Morgan fingerprint density at radius 1 is 1.15 bits per heavy atom. The first-order valence-electron chi connectivity index (χ1n) is 11.5. The third-order valence-electron chi connectivity index (χ3n) is 6.24. The Hall–Kier alpha value is -2.45. The van der Waals surface area contributed by atoms with Crippen LogP contribution in [0.15, 0.2) is 23.0 Å². The van der Waals surface area contributed by atoms with Crippen molar-refractivity contribution in [3.05, 3.63) is 50.0 Å². The van der Waals surface area contributed by atoms with Crippen LogP contribution < -0.4 is 5.56 Å². The Labute approximate surface area is 202 Å². The summed E-state index contributed by atoms with van der Waals surface area (Å²) < 4.78 is 1.55. The number of nitrogens with one attached hydrogen (secondary N) is 1. The molecule has 0 spiro atoms. The van der Waals surface area contributed by atoms with Gasteiger partial charge >= 0.3 is 0 Å². The van der Waals surface area contributed by atoms with E-state index in [0.29, 0.717) is 46.6 Å². The molecule has 0 bridgehead atoms. The van der Waals surface area contributed by atoms with Crippen LogP contribution >= 0.6 is 23.2 Å². The smallest absolute Gasteiger partial charge is 0.281 e. The van der Waals surface area contributed by atoms with Gasteiger partial charge in [-0.1, -0.05) is 60.7 Å². The average molecular weight is 491 g/mol. The molecule has 1 fully saturated rings. The molecule has 0 atom stereocenters. The molecular weight excluding hydrogens is 463 g/mol. The Balaban J connectivity index is 1.48.